The van der Waals surface area contributed by atoms with Crippen molar-refractivity contribution in [3.63, 3.8) is 0 Å². The lowest BCUT2D eigenvalue weighted by atomic mass is 10.2. The van der Waals surface area contributed by atoms with E-state index in [4.69, 9.17) is 4.98 Å². The van der Waals surface area contributed by atoms with Gasteiger partial charge in [0.25, 0.3) is 0 Å². The number of aromatic nitrogens is 4. The van der Waals surface area contributed by atoms with E-state index in [0.29, 0.717) is 18.1 Å². The molecule has 0 aliphatic heterocycles. The van der Waals surface area contributed by atoms with Crippen LogP contribution in [0.2, 0.25) is 0 Å². The molecule has 2 heterocycles. The van der Waals surface area contributed by atoms with Gasteiger partial charge in [0.15, 0.2) is 5.65 Å². The van der Waals surface area contributed by atoms with Crippen molar-refractivity contribution in [3.8, 4) is 0 Å². The van der Waals surface area contributed by atoms with Crippen LogP contribution in [0.1, 0.15) is 38.2 Å². The van der Waals surface area contributed by atoms with Gasteiger partial charge in [-0.15, -0.1) is 10.2 Å². The minimum absolute atomic E-state index is 0.133. The van der Waals surface area contributed by atoms with E-state index < -0.39 is 0 Å². The lowest BCUT2D eigenvalue weighted by Gasteiger charge is -2.07. The number of hydrogen-bond donors (Lipinski definition) is 1. The molecule has 2 aromatic carbocycles. The summed E-state index contributed by atoms with van der Waals surface area (Å²) >= 11 is 5.10. The fraction of sp³-hybridized carbons (Fsp3) is 0.333. The van der Waals surface area contributed by atoms with E-state index in [1.54, 1.807) is 11.8 Å². The normalized spacial score (nSPS) is 11.3. The third-order valence-corrected chi connectivity index (χ3v) is 6.66. The Bertz CT molecular complexity index is 1210. The first-order valence-electron chi connectivity index (χ1n) is 10.9. The van der Waals surface area contributed by atoms with Crippen LogP contribution in [0.3, 0.4) is 0 Å². The third-order valence-electron chi connectivity index (χ3n) is 5.21. The Balaban J connectivity index is 1.49. The molecule has 0 radical (unpaired) electrons. The first-order chi connectivity index (χ1) is 15.7. The monoisotopic (exact) mass is 511 g/mol. The summed E-state index contributed by atoms with van der Waals surface area (Å²) in [5, 5.41) is 13.5. The van der Waals surface area contributed by atoms with Crippen LogP contribution in [0.5, 0.6) is 0 Å². The average Bonchev–Trinajstić information content (AvgIpc) is 3.12. The van der Waals surface area contributed by atoms with Gasteiger partial charge in [-0.25, -0.2) is 4.98 Å². The maximum absolute atomic E-state index is 11.7. The van der Waals surface area contributed by atoms with Crippen molar-refractivity contribution in [1.29, 1.82) is 0 Å². The van der Waals surface area contributed by atoms with Crippen LogP contribution >= 0.6 is 27.7 Å². The van der Waals surface area contributed by atoms with Crippen molar-refractivity contribution in [2.24, 2.45) is 0 Å². The summed E-state index contributed by atoms with van der Waals surface area (Å²) in [4.78, 5) is 16.6. The molecule has 0 fully saturated rings. The standard InChI is InChI=1S/C24H26BrN5OS/c1-2-14-26-21(31)9-5-6-15-32-24-27-23-22(28-29-24)19-7-3-4-8-20(19)30(23)16-17-10-12-18(25)13-11-17/h3-4,7-8,10-13H,2,5-6,9,14-16H2,1H3,(H,26,31). The predicted octanol–water partition coefficient (Wildman–Crippen LogP) is 5.58. The molecule has 32 heavy (non-hydrogen) atoms. The minimum atomic E-state index is 0.133. The average molecular weight is 512 g/mol. The molecule has 0 saturated carbocycles. The Labute approximate surface area is 200 Å². The molecule has 2 aromatic heterocycles. The van der Waals surface area contributed by atoms with Gasteiger partial charge in [0, 0.05) is 35.1 Å². The van der Waals surface area contributed by atoms with E-state index in [9.17, 15) is 4.79 Å². The lowest BCUT2D eigenvalue weighted by Crippen LogP contribution is -2.23. The second-order valence-corrected chi connectivity index (χ2v) is 9.63. The fourth-order valence-electron chi connectivity index (χ4n) is 3.59. The van der Waals surface area contributed by atoms with Crippen LogP contribution in [0.15, 0.2) is 58.2 Å². The van der Waals surface area contributed by atoms with Gasteiger partial charge >= 0.3 is 0 Å². The number of halogens is 1. The van der Waals surface area contributed by atoms with E-state index >= 15 is 0 Å². The van der Waals surface area contributed by atoms with Gasteiger partial charge in [0.1, 0.15) is 5.52 Å². The van der Waals surface area contributed by atoms with Gasteiger partial charge in [-0.1, -0.05) is 64.9 Å². The number of nitrogens with one attached hydrogen (secondary N) is 1. The van der Waals surface area contributed by atoms with Crippen molar-refractivity contribution in [1.82, 2.24) is 25.1 Å². The van der Waals surface area contributed by atoms with Crippen molar-refractivity contribution >= 4 is 55.7 Å². The summed E-state index contributed by atoms with van der Waals surface area (Å²) in [6, 6.07) is 16.6. The van der Waals surface area contributed by atoms with Gasteiger partial charge in [0.2, 0.25) is 11.1 Å². The van der Waals surface area contributed by atoms with Crippen molar-refractivity contribution in [3.05, 3.63) is 58.6 Å². The van der Waals surface area contributed by atoms with E-state index in [0.717, 1.165) is 58.1 Å². The number of thioether (sulfide) groups is 1. The zero-order valence-electron chi connectivity index (χ0n) is 18.1. The van der Waals surface area contributed by atoms with Gasteiger partial charge in [-0.2, -0.15) is 0 Å². The summed E-state index contributed by atoms with van der Waals surface area (Å²) in [5.41, 5.74) is 3.98. The van der Waals surface area contributed by atoms with E-state index in [2.05, 4.69) is 79.3 Å². The number of nitrogens with zero attached hydrogens (tertiary/aromatic N) is 4. The van der Waals surface area contributed by atoms with Crippen molar-refractivity contribution < 1.29 is 4.79 Å². The smallest absolute Gasteiger partial charge is 0.219 e. The quantitative estimate of drug-likeness (QED) is 0.222. The highest BCUT2D eigenvalue weighted by atomic mass is 79.9. The van der Waals surface area contributed by atoms with Crippen molar-refractivity contribution in [2.75, 3.05) is 12.3 Å². The Hall–Kier alpha value is -2.45. The summed E-state index contributed by atoms with van der Waals surface area (Å²) in [7, 11) is 0. The molecule has 1 N–H and O–H groups in total. The molecule has 166 valence electrons. The predicted molar refractivity (Wildman–Crippen MR) is 134 cm³/mol. The molecule has 0 aliphatic carbocycles. The number of fused-ring (bicyclic) bond motifs is 3. The van der Waals surface area contributed by atoms with Crippen LogP contribution < -0.4 is 5.32 Å². The highest BCUT2D eigenvalue weighted by molar-refractivity contribution is 9.10. The first-order valence-corrected chi connectivity index (χ1v) is 12.7. The molecule has 1 amide bonds. The third kappa shape index (κ3) is 5.48. The summed E-state index contributed by atoms with van der Waals surface area (Å²) in [5.74, 6) is 0.995. The van der Waals surface area contributed by atoms with Gasteiger partial charge in [0.05, 0.1) is 5.52 Å². The van der Waals surface area contributed by atoms with E-state index in [1.807, 2.05) is 12.1 Å². The van der Waals surface area contributed by atoms with Crippen LogP contribution in [-0.2, 0) is 11.3 Å². The van der Waals surface area contributed by atoms with E-state index in [1.165, 1.54) is 5.56 Å². The molecule has 4 aromatic rings. The second kappa shape index (κ2) is 10.9. The Morgan fingerprint density at radius 2 is 1.91 bits per heavy atom. The molecule has 6 nitrogen and oxygen atoms in total. The van der Waals surface area contributed by atoms with E-state index in [-0.39, 0.29) is 5.91 Å². The largest absolute Gasteiger partial charge is 0.356 e. The highest BCUT2D eigenvalue weighted by Crippen LogP contribution is 2.28. The molecule has 8 heteroatoms. The van der Waals surface area contributed by atoms with Gasteiger partial charge in [-0.05, 0) is 43.0 Å². The van der Waals surface area contributed by atoms with Crippen molar-refractivity contribution in [2.45, 2.75) is 44.3 Å². The molecule has 4 rings (SSSR count). The molecule has 0 atom stereocenters. The maximum Gasteiger partial charge on any atom is 0.219 e. The molecule has 0 spiro atoms. The maximum atomic E-state index is 11.7. The van der Waals surface area contributed by atoms with Gasteiger partial charge < -0.3 is 9.88 Å². The Kier molecular flexibility index (Phi) is 7.76. The van der Waals surface area contributed by atoms with Crippen LogP contribution in [0.25, 0.3) is 22.1 Å². The minimum Gasteiger partial charge on any atom is -0.356 e. The van der Waals surface area contributed by atoms with Crippen LogP contribution in [0, 0.1) is 0 Å². The summed E-state index contributed by atoms with van der Waals surface area (Å²) in [6.45, 7) is 3.52. The molecule has 0 saturated heterocycles. The van der Waals surface area contributed by atoms with Gasteiger partial charge in [-0.3, -0.25) is 4.79 Å². The molecule has 0 bridgehead atoms. The summed E-state index contributed by atoms with van der Waals surface area (Å²) < 4.78 is 3.28. The fourth-order valence-corrected chi connectivity index (χ4v) is 4.63. The number of para-hydroxylation sites is 1. The number of carbonyl (C=O) groups excluding carboxylic acids is 1. The Morgan fingerprint density at radius 1 is 1.09 bits per heavy atom. The van der Waals surface area contributed by atoms with Crippen LogP contribution in [0.4, 0.5) is 0 Å². The number of unbranched alkanes of at least 4 members (excludes halogenated alkanes) is 1. The topological polar surface area (TPSA) is 72.7 Å². The number of rotatable bonds is 10. The Morgan fingerprint density at radius 3 is 2.72 bits per heavy atom. The number of benzene rings is 2. The highest BCUT2D eigenvalue weighted by Gasteiger charge is 2.15. The summed E-state index contributed by atoms with van der Waals surface area (Å²) in [6.07, 6.45) is 3.34. The lowest BCUT2D eigenvalue weighted by molar-refractivity contribution is -0.121. The zero-order valence-corrected chi connectivity index (χ0v) is 20.5. The molecular formula is C24H26BrN5OS. The second-order valence-electron chi connectivity index (χ2n) is 7.65. The number of carbonyl (C=O) groups is 1. The number of hydrogen-bond acceptors (Lipinski definition) is 5. The molecular weight excluding hydrogens is 486 g/mol. The first kappa shape index (κ1) is 22.7. The molecule has 0 unspecified atom stereocenters. The van der Waals surface area contributed by atoms with Crippen LogP contribution in [-0.4, -0.2) is 38.0 Å². The number of amides is 1. The zero-order chi connectivity index (χ0) is 22.3. The SMILES string of the molecule is CCCNC(=O)CCCCSc1nnc2c3ccccc3n(Cc3ccc(Br)cc3)c2n1. The molecule has 0 aliphatic rings.